The Morgan fingerprint density at radius 3 is 0.727 bits per heavy atom. The molecule has 4 heteroatoms. The summed E-state index contributed by atoms with van der Waals surface area (Å²) in [5.41, 5.74) is 10.5. The second kappa shape index (κ2) is 163. The van der Waals surface area contributed by atoms with Gasteiger partial charge in [0.2, 0.25) is 0 Å². The van der Waals surface area contributed by atoms with Crippen LogP contribution >= 0.6 is 0 Å². The largest absolute Gasteiger partial charge is 0.329 e. The molecule has 0 aromatic heterocycles. The van der Waals surface area contributed by atoms with E-state index in [9.17, 15) is 0 Å². The zero-order valence-electron chi connectivity index (χ0n) is 14.9. The minimum absolute atomic E-state index is 0.705. The van der Waals surface area contributed by atoms with Crippen molar-refractivity contribution in [3.63, 3.8) is 0 Å². The number of hydrogen-bond acceptors (Lipinski definition) is 4. The van der Waals surface area contributed by atoms with E-state index in [1.54, 1.807) is 0 Å². The fourth-order valence-corrected chi connectivity index (χ4v) is 0.631. The highest BCUT2D eigenvalue weighted by atomic mass is 14.9. The Morgan fingerprint density at radius 2 is 0.591 bits per heavy atom. The number of nitrogens with two attached hydrogens (primary N) is 2. The van der Waals surface area contributed by atoms with Crippen LogP contribution in [-0.4, -0.2) is 39.3 Å². The van der Waals surface area contributed by atoms with Crippen molar-refractivity contribution in [2.45, 2.75) is 0 Å². The van der Waals surface area contributed by atoms with Crippen LogP contribution < -0.4 is 22.1 Å². The number of rotatable bonds is 7. The lowest BCUT2D eigenvalue weighted by molar-refractivity contribution is 0.618. The van der Waals surface area contributed by atoms with Crippen molar-refractivity contribution < 1.29 is 0 Å². The first-order valence-electron chi connectivity index (χ1n) is 6.73. The molecule has 0 heterocycles. The first kappa shape index (κ1) is 42.7. The van der Waals surface area contributed by atoms with E-state index < -0.39 is 0 Å². The predicted molar refractivity (Wildman–Crippen MR) is 111 cm³/mol. The van der Waals surface area contributed by atoms with Crippen LogP contribution in [0.4, 0.5) is 0 Å². The molecule has 0 unspecified atom stereocenters. The molecule has 0 atom stereocenters. The summed E-state index contributed by atoms with van der Waals surface area (Å²) in [4.78, 5) is 0. The average molecular weight is 315 g/mol. The number of hydrogen-bond donors (Lipinski definition) is 4. The van der Waals surface area contributed by atoms with Crippen molar-refractivity contribution in [1.82, 2.24) is 10.6 Å². The summed E-state index contributed by atoms with van der Waals surface area (Å²) < 4.78 is 0. The number of nitrogens with one attached hydrogen (secondary N) is 2. The predicted octanol–water partition coefficient (Wildman–Crippen LogP) is 2.90. The van der Waals surface area contributed by atoms with Crippen LogP contribution in [-0.2, 0) is 0 Å². The van der Waals surface area contributed by atoms with Gasteiger partial charge in [-0.2, -0.15) is 0 Å². The summed E-state index contributed by atoms with van der Waals surface area (Å²) in [6.07, 6.45) is 0. The molecule has 0 spiro atoms. The summed E-state index contributed by atoms with van der Waals surface area (Å²) in [6, 6.07) is 0. The Labute approximate surface area is 141 Å². The van der Waals surface area contributed by atoms with Gasteiger partial charge < -0.3 is 22.1 Å². The fourth-order valence-electron chi connectivity index (χ4n) is 0.631. The van der Waals surface area contributed by atoms with Gasteiger partial charge in [-0.15, -0.1) is 78.9 Å². The highest BCUT2D eigenvalue weighted by Gasteiger charge is 1.83. The van der Waals surface area contributed by atoms with Crippen molar-refractivity contribution in [2.75, 3.05) is 39.3 Å². The molecule has 134 valence electrons. The zero-order chi connectivity index (χ0) is 19.7. The van der Waals surface area contributed by atoms with Gasteiger partial charge in [0.1, 0.15) is 0 Å². The van der Waals surface area contributed by atoms with Crippen LogP contribution in [0.5, 0.6) is 0 Å². The van der Waals surface area contributed by atoms with E-state index in [0.717, 1.165) is 26.2 Å². The molecule has 0 amide bonds. The molecule has 6 N–H and O–H groups in total. The van der Waals surface area contributed by atoms with E-state index >= 15 is 0 Å². The van der Waals surface area contributed by atoms with Gasteiger partial charge in [-0.25, -0.2) is 0 Å². The molecule has 0 saturated carbocycles. The van der Waals surface area contributed by atoms with Crippen LogP contribution in [0.3, 0.4) is 0 Å². The second-order valence-corrected chi connectivity index (χ2v) is 2.08. The Kier molecular flexibility index (Phi) is 317. The lowest BCUT2D eigenvalue weighted by atomic mass is 10.5. The standard InChI is InChI=1S/C6H18N4.6C2H4/c7-1-3-9-5-6-10-4-2-8;6*1-2/h9-10H,1-8H2;6*1-2H2. The van der Waals surface area contributed by atoms with Crippen molar-refractivity contribution in [1.29, 1.82) is 0 Å². The van der Waals surface area contributed by atoms with Gasteiger partial charge in [-0.1, -0.05) is 0 Å². The summed E-state index contributed by atoms with van der Waals surface area (Å²) >= 11 is 0. The molecule has 0 aromatic rings. The SMILES string of the molecule is C=C.C=C.C=C.C=C.C=C.C=C.NCCNCCNCCN. The molecule has 22 heavy (non-hydrogen) atoms. The minimum Gasteiger partial charge on any atom is -0.329 e. The van der Waals surface area contributed by atoms with Crippen molar-refractivity contribution in [3.05, 3.63) is 78.9 Å². The molecule has 0 saturated heterocycles. The first-order chi connectivity index (χ1) is 10.9. The Balaban J connectivity index is -0.0000000315. The zero-order valence-corrected chi connectivity index (χ0v) is 14.9. The monoisotopic (exact) mass is 314 g/mol. The third-order valence-electron chi connectivity index (χ3n) is 1.12. The molecule has 0 rings (SSSR count). The fraction of sp³-hybridized carbons (Fsp3) is 0.333. The van der Waals surface area contributed by atoms with Crippen LogP contribution in [0, 0.1) is 0 Å². The van der Waals surface area contributed by atoms with Gasteiger partial charge >= 0.3 is 0 Å². The normalized spacial score (nSPS) is 5.73. The van der Waals surface area contributed by atoms with Gasteiger partial charge in [-0.05, 0) is 0 Å². The molecule has 0 bridgehead atoms. The van der Waals surface area contributed by atoms with Crippen molar-refractivity contribution >= 4 is 0 Å². The average Bonchev–Trinajstić information content (AvgIpc) is 2.68. The quantitative estimate of drug-likeness (QED) is 0.430. The smallest absolute Gasteiger partial charge is 0.00772 e. The molecule has 0 aliphatic rings. The van der Waals surface area contributed by atoms with E-state index in [-0.39, 0.29) is 0 Å². The first-order valence-corrected chi connectivity index (χ1v) is 6.73. The lowest BCUT2D eigenvalue weighted by Gasteiger charge is -2.03. The summed E-state index contributed by atoms with van der Waals surface area (Å²) in [5.74, 6) is 0. The van der Waals surface area contributed by atoms with Crippen molar-refractivity contribution in [3.8, 4) is 0 Å². The highest BCUT2D eigenvalue weighted by Crippen LogP contribution is 1.57. The van der Waals surface area contributed by atoms with E-state index in [0.29, 0.717) is 13.1 Å². The summed E-state index contributed by atoms with van der Waals surface area (Å²) in [7, 11) is 0. The molecular weight excluding hydrogens is 272 g/mol. The van der Waals surface area contributed by atoms with E-state index in [4.69, 9.17) is 11.5 Å². The Morgan fingerprint density at radius 1 is 0.409 bits per heavy atom. The topological polar surface area (TPSA) is 76.1 Å². The Bertz CT molecular complexity index is 98.1. The third kappa shape index (κ3) is 196. The maximum Gasteiger partial charge on any atom is 0.00772 e. The second-order valence-electron chi connectivity index (χ2n) is 2.08. The lowest BCUT2D eigenvalue weighted by Crippen LogP contribution is -2.32. The molecule has 4 nitrogen and oxygen atoms in total. The van der Waals surface area contributed by atoms with Gasteiger partial charge in [0, 0.05) is 39.3 Å². The third-order valence-corrected chi connectivity index (χ3v) is 1.12. The Hall–Kier alpha value is -1.72. The van der Waals surface area contributed by atoms with Crippen molar-refractivity contribution in [2.24, 2.45) is 11.5 Å². The van der Waals surface area contributed by atoms with E-state index in [1.165, 1.54) is 0 Å². The molecule has 0 radical (unpaired) electrons. The maximum absolute atomic E-state index is 5.27. The summed E-state index contributed by atoms with van der Waals surface area (Å²) in [5, 5.41) is 6.33. The van der Waals surface area contributed by atoms with Crippen LogP contribution in [0.25, 0.3) is 0 Å². The molecule has 0 aliphatic heterocycles. The van der Waals surface area contributed by atoms with Crippen LogP contribution in [0.2, 0.25) is 0 Å². The van der Waals surface area contributed by atoms with E-state index in [2.05, 4.69) is 89.6 Å². The highest BCUT2D eigenvalue weighted by molar-refractivity contribution is 4.51. The molecule has 0 aliphatic carbocycles. The van der Waals surface area contributed by atoms with Crippen LogP contribution in [0.15, 0.2) is 78.9 Å². The van der Waals surface area contributed by atoms with E-state index in [1.807, 2.05) is 0 Å². The van der Waals surface area contributed by atoms with Gasteiger partial charge in [0.25, 0.3) is 0 Å². The molecule has 0 fully saturated rings. The minimum atomic E-state index is 0.705. The molecular formula is C18H42N4. The summed E-state index contributed by atoms with van der Waals surface area (Å²) in [6.45, 7) is 41.1. The van der Waals surface area contributed by atoms with Crippen LogP contribution in [0.1, 0.15) is 0 Å². The van der Waals surface area contributed by atoms with Gasteiger partial charge in [0.15, 0.2) is 0 Å². The van der Waals surface area contributed by atoms with Gasteiger partial charge in [-0.3, -0.25) is 0 Å². The van der Waals surface area contributed by atoms with Gasteiger partial charge in [0.05, 0.1) is 0 Å². The molecule has 0 aromatic carbocycles. The maximum atomic E-state index is 5.27.